The lowest BCUT2D eigenvalue weighted by Gasteiger charge is -2.13. The Morgan fingerprint density at radius 3 is 2.53 bits per heavy atom. The quantitative estimate of drug-likeness (QED) is 0.766. The van der Waals surface area contributed by atoms with Crippen LogP contribution in [0.1, 0.15) is 11.1 Å². The van der Waals surface area contributed by atoms with Crippen LogP contribution in [-0.4, -0.2) is 9.36 Å². The van der Waals surface area contributed by atoms with Gasteiger partial charge in [0.1, 0.15) is 5.51 Å². The normalized spacial score (nSPS) is 12.1. The van der Waals surface area contributed by atoms with Crippen molar-refractivity contribution in [2.45, 2.75) is 17.6 Å². The average molecular weight is 238 g/mol. The maximum absolute atomic E-state index is 9.91. The van der Waals surface area contributed by atoms with E-state index in [1.54, 1.807) is 0 Å². The molecule has 1 N–H and O–H groups in total. The fourth-order valence-corrected chi connectivity index (χ4v) is 2.61. The van der Waals surface area contributed by atoms with Crippen LogP contribution in [0.15, 0.2) is 33.4 Å². The average Bonchev–Trinajstić information content (AvgIpc) is 2.71. The predicted molar refractivity (Wildman–Crippen MR) is 63.5 cm³/mol. The number of benzene rings is 1. The van der Waals surface area contributed by atoms with Crippen molar-refractivity contribution in [3.8, 4) is 0 Å². The zero-order valence-electron chi connectivity index (χ0n) is 8.19. The van der Waals surface area contributed by atoms with Gasteiger partial charge >= 0.3 is 5.69 Å². The molecule has 0 saturated heterocycles. The van der Waals surface area contributed by atoms with E-state index in [4.69, 9.17) is 0 Å². The maximum Gasteiger partial charge on any atom is 0.355 e. The molecule has 0 unspecified atom stereocenters. The Morgan fingerprint density at radius 2 is 2.33 bits per heavy atom. The summed E-state index contributed by atoms with van der Waals surface area (Å²) in [5.74, 6) is 1.18. The van der Waals surface area contributed by atoms with Crippen LogP contribution in [0.25, 0.3) is 0 Å². The van der Waals surface area contributed by atoms with Crippen LogP contribution < -0.4 is 5.69 Å². The lowest BCUT2D eigenvalue weighted by molar-refractivity contribution is 1.21. The molecule has 2 aliphatic rings. The maximum atomic E-state index is 9.91. The molecule has 5 heteroatoms. The van der Waals surface area contributed by atoms with E-state index in [1.807, 2.05) is 11.8 Å². The molecular formula is C10H10N2OS2. The first-order valence-electron chi connectivity index (χ1n) is 4.46. The van der Waals surface area contributed by atoms with Crippen molar-refractivity contribution < 1.29 is 0 Å². The van der Waals surface area contributed by atoms with Crippen LogP contribution in [0.5, 0.6) is 0 Å². The summed E-state index contributed by atoms with van der Waals surface area (Å²) in [7, 11) is 0. The lowest BCUT2D eigenvalue weighted by Crippen LogP contribution is -1.98. The first kappa shape index (κ1) is 10.4. The summed E-state index contributed by atoms with van der Waals surface area (Å²) in [5.41, 5.74) is 4.10. The van der Waals surface area contributed by atoms with E-state index >= 15 is 0 Å². The van der Waals surface area contributed by atoms with Gasteiger partial charge < -0.3 is 0 Å². The van der Waals surface area contributed by atoms with Crippen molar-refractivity contribution in [1.29, 1.82) is 0 Å². The van der Waals surface area contributed by atoms with Crippen LogP contribution in [0, 0.1) is 6.92 Å². The highest BCUT2D eigenvalue weighted by Crippen LogP contribution is 2.32. The third-order valence-corrected chi connectivity index (χ3v) is 3.75. The highest BCUT2D eigenvalue weighted by atomic mass is 32.2. The summed E-state index contributed by atoms with van der Waals surface area (Å²) in [6.07, 6.45) is 0. The second kappa shape index (κ2) is 4.63. The molecule has 4 rings (SSSR count). The first-order valence-corrected chi connectivity index (χ1v) is 6.33. The minimum Gasteiger partial charge on any atom is -0.260 e. The van der Waals surface area contributed by atoms with Gasteiger partial charge in [-0.1, -0.05) is 12.1 Å². The topological polar surface area (TPSA) is 45.8 Å². The fourth-order valence-electron chi connectivity index (χ4n) is 1.30. The molecular weight excluding hydrogens is 228 g/mol. The second-order valence-electron chi connectivity index (χ2n) is 3.15. The van der Waals surface area contributed by atoms with Gasteiger partial charge in [0.15, 0.2) is 0 Å². The molecule has 2 aliphatic heterocycles. The molecule has 0 aliphatic carbocycles. The summed E-state index contributed by atoms with van der Waals surface area (Å²) in [5, 5.41) is 0. The molecule has 0 fully saturated rings. The van der Waals surface area contributed by atoms with E-state index < -0.39 is 0 Å². The van der Waals surface area contributed by atoms with Crippen LogP contribution in [-0.2, 0) is 5.75 Å². The second-order valence-corrected chi connectivity index (χ2v) is 4.82. The molecule has 0 spiro atoms. The van der Waals surface area contributed by atoms with Crippen LogP contribution in [0.3, 0.4) is 0 Å². The van der Waals surface area contributed by atoms with E-state index in [0.717, 1.165) is 0 Å². The minimum absolute atomic E-state index is 0.264. The van der Waals surface area contributed by atoms with Crippen molar-refractivity contribution in [2.24, 2.45) is 0 Å². The molecule has 1 aromatic heterocycles. The van der Waals surface area contributed by atoms with Gasteiger partial charge in [-0.2, -0.15) is 4.98 Å². The van der Waals surface area contributed by atoms with E-state index in [-0.39, 0.29) is 5.69 Å². The summed E-state index contributed by atoms with van der Waals surface area (Å²) >= 11 is 3.14. The van der Waals surface area contributed by atoms with E-state index in [2.05, 4.69) is 34.5 Å². The molecule has 2 bridgehead atoms. The summed E-state index contributed by atoms with van der Waals surface area (Å²) in [6.45, 7) is 2.17. The van der Waals surface area contributed by atoms with Gasteiger partial charge in [-0.05, 0) is 35.6 Å². The van der Waals surface area contributed by atoms with E-state index in [1.165, 1.54) is 38.8 Å². The van der Waals surface area contributed by atoms with Gasteiger partial charge in [0.05, 0.1) is 0 Å². The lowest BCUT2D eigenvalue weighted by atomic mass is 10.1. The molecule has 0 radical (unpaired) electrons. The van der Waals surface area contributed by atoms with Gasteiger partial charge in [-0.25, -0.2) is 4.79 Å². The summed E-state index contributed by atoms with van der Waals surface area (Å²) < 4.78 is 2.38. The number of aromatic amines is 1. The van der Waals surface area contributed by atoms with E-state index in [0.29, 0.717) is 0 Å². The smallest absolute Gasteiger partial charge is 0.260 e. The van der Waals surface area contributed by atoms with Crippen LogP contribution in [0.4, 0.5) is 0 Å². The zero-order valence-corrected chi connectivity index (χ0v) is 9.82. The standard InChI is InChI=1S/C8H8S.C2H2N2OS/c1-6-4-7-2-3-8(6)9-5-7;5-2-3-1-6-4-2/h2-4H,5H2,1H3;1H,(H,4,5). The number of H-pyrrole nitrogens is 1. The number of hydrogen-bond acceptors (Lipinski definition) is 4. The number of thioether (sulfide) groups is 1. The van der Waals surface area contributed by atoms with Gasteiger partial charge in [-0.3, -0.25) is 4.37 Å². The summed E-state index contributed by atoms with van der Waals surface area (Å²) in [4.78, 5) is 14.7. The van der Waals surface area contributed by atoms with Crippen molar-refractivity contribution >= 4 is 23.3 Å². The van der Waals surface area contributed by atoms with E-state index in [9.17, 15) is 4.79 Å². The summed E-state index contributed by atoms with van der Waals surface area (Å²) in [6, 6.07) is 6.68. The number of nitrogens with zero attached hydrogens (tertiary/aromatic N) is 1. The Kier molecular flexibility index (Phi) is 3.23. The Labute approximate surface area is 95.7 Å². The number of aryl methyl sites for hydroxylation is 1. The zero-order chi connectivity index (χ0) is 10.7. The van der Waals surface area contributed by atoms with Crippen molar-refractivity contribution in [1.82, 2.24) is 9.36 Å². The number of nitrogens with one attached hydrogen (secondary N) is 1. The molecule has 2 aromatic rings. The van der Waals surface area contributed by atoms with Crippen molar-refractivity contribution in [2.75, 3.05) is 0 Å². The third kappa shape index (κ3) is 2.70. The Bertz CT molecular complexity index is 487. The number of hydrogen-bond donors (Lipinski definition) is 1. The molecule has 0 atom stereocenters. The van der Waals surface area contributed by atoms with Gasteiger partial charge in [0, 0.05) is 10.6 Å². The van der Waals surface area contributed by atoms with Crippen LogP contribution in [0.2, 0.25) is 0 Å². The third-order valence-electron chi connectivity index (χ3n) is 2.00. The number of aromatic nitrogens is 2. The number of fused-ring (bicyclic) bond motifs is 3. The van der Waals surface area contributed by atoms with Gasteiger partial charge in [0.25, 0.3) is 0 Å². The molecule has 78 valence electrons. The van der Waals surface area contributed by atoms with Crippen LogP contribution >= 0.6 is 23.3 Å². The Morgan fingerprint density at radius 1 is 1.47 bits per heavy atom. The van der Waals surface area contributed by atoms with Gasteiger partial charge in [-0.15, -0.1) is 11.8 Å². The highest BCUT2D eigenvalue weighted by Gasteiger charge is 2.06. The Balaban J connectivity index is 0.000000124. The predicted octanol–water partition coefficient (Wildman–Crippen LogP) is 2.43. The molecule has 0 amide bonds. The molecule has 3 heterocycles. The SMILES string of the molecule is Cc1cc2ccc1SC2.O=c1ncs[nH]1. The Hall–Kier alpha value is -1.07. The largest absolute Gasteiger partial charge is 0.355 e. The molecule has 3 nitrogen and oxygen atoms in total. The first-order chi connectivity index (χ1) is 7.25. The molecule has 1 aromatic carbocycles. The minimum atomic E-state index is -0.264. The fraction of sp³-hybridized carbons (Fsp3) is 0.200. The highest BCUT2D eigenvalue weighted by molar-refractivity contribution is 7.98. The van der Waals surface area contributed by atoms with Crippen molar-refractivity contribution in [3.05, 3.63) is 45.3 Å². The number of rotatable bonds is 0. The molecule has 0 saturated carbocycles. The monoisotopic (exact) mass is 238 g/mol. The molecule has 15 heavy (non-hydrogen) atoms. The van der Waals surface area contributed by atoms with Gasteiger partial charge in [0.2, 0.25) is 0 Å². The van der Waals surface area contributed by atoms with Crippen molar-refractivity contribution in [3.63, 3.8) is 0 Å².